The molecule has 2 atom stereocenters. The number of aryl methyl sites for hydroxylation is 1. The Morgan fingerprint density at radius 3 is 2.68 bits per heavy atom. The van der Waals surface area contributed by atoms with Crippen LogP contribution in [0, 0.1) is 23.1 Å². The van der Waals surface area contributed by atoms with Gasteiger partial charge >= 0.3 is 0 Å². The van der Waals surface area contributed by atoms with Gasteiger partial charge in [-0.15, -0.1) is 0 Å². The van der Waals surface area contributed by atoms with Crippen molar-refractivity contribution >= 4 is 11.2 Å². The number of hydrogen-bond acceptors (Lipinski definition) is 6. The summed E-state index contributed by atoms with van der Waals surface area (Å²) >= 11 is 0. The Labute approximate surface area is 196 Å². The van der Waals surface area contributed by atoms with Gasteiger partial charge in [0.2, 0.25) is 5.88 Å². The minimum atomic E-state index is -0.365. The summed E-state index contributed by atoms with van der Waals surface area (Å²) in [5, 5.41) is 0. The zero-order chi connectivity index (χ0) is 23.5. The number of nitrogens with zero attached hydrogens (tertiary/aromatic N) is 4. The Bertz CT molecular complexity index is 1270. The van der Waals surface area contributed by atoms with Crippen LogP contribution in [0.4, 0.5) is 4.39 Å². The van der Waals surface area contributed by atoms with E-state index in [1.165, 1.54) is 25.8 Å². The van der Waals surface area contributed by atoms with Crippen molar-refractivity contribution in [2.75, 3.05) is 13.7 Å². The molecule has 4 saturated carbocycles. The Morgan fingerprint density at radius 2 is 2.00 bits per heavy atom. The number of rotatable bonds is 7. The summed E-state index contributed by atoms with van der Waals surface area (Å²) in [7, 11) is 1.49. The fourth-order valence-corrected chi connectivity index (χ4v) is 7.52. The third-order valence-electron chi connectivity index (χ3n) is 8.12. The molecule has 1 N–H and O–H groups in total. The quantitative estimate of drug-likeness (QED) is 0.565. The van der Waals surface area contributed by atoms with Gasteiger partial charge < -0.3 is 14.0 Å². The number of H-pyrrole nitrogens is 1. The van der Waals surface area contributed by atoms with Crippen LogP contribution in [-0.2, 0) is 12.0 Å². The molecule has 0 aromatic carbocycles. The van der Waals surface area contributed by atoms with Crippen LogP contribution in [0.25, 0.3) is 11.2 Å². The maximum atomic E-state index is 13.3. The van der Waals surface area contributed by atoms with Crippen molar-refractivity contribution in [2.45, 2.75) is 63.8 Å². The number of aromatic nitrogens is 5. The average Bonchev–Trinajstić information content (AvgIpc) is 3.18. The molecule has 7 rings (SSSR count). The Kier molecular flexibility index (Phi) is 4.93. The van der Waals surface area contributed by atoms with E-state index >= 15 is 0 Å². The van der Waals surface area contributed by atoms with Gasteiger partial charge in [0, 0.05) is 23.4 Å². The van der Waals surface area contributed by atoms with Crippen molar-refractivity contribution in [2.24, 2.45) is 17.3 Å². The van der Waals surface area contributed by atoms with E-state index in [9.17, 15) is 9.18 Å². The average molecular weight is 468 g/mol. The minimum absolute atomic E-state index is 0.0346. The van der Waals surface area contributed by atoms with Gasteiger partial charge in [-0.05, 0) is 62.8 Å². The summed E-state index contributed by atoms with van der Waals surface area (Å²) in [4.78, 5) is 29.3. The smallest absolute Gasteiger partial charge is 0.298 e. The maximum Gasteiger partial charge on any atom is 0.298 e. The molecule has 34 heavy (non-hydrogen) atoms. The zero-order valence-electron chi connectivity index (χ0n) is 19.6. The number of hydrogen-bond donors (Lipinski definition) is 1. The van der Waals surface area contributed by atoms with Crippen molar-refractivity contribution in [3.05, 3.63) is 40.3 Å². The van der Waals surface area contributed by atoms with Gasteiger partial charge in [0.1, 0.15) is 11.6 Å². The van der Waals surface area contributed by atoms with E-state index < -0.39 is 0 Å². The molecule has 8 nitrogen and oxygen atoms in total. The second-order valence-electron chi connectivity index (χ2n) is 10.7. The molecule has 4 aliphatic rings. The summed E-state index contributed by atoms with van der Waals surface area (Å²) in [6, 6.07) is 3.17. The summed E-state index contributed by atoms with van der Waals surface area (Å²) < 4.78 is 26.7. The fraction of sp³-hybridized carbons (Fsp3) is 0.600. The van der Waals surface area contributed by atoms with Crippen LogP contribution in [-0.4, -0.2) is 38.2 Å². The molecule has 2 unspecified atom stereocenters. The van der Waals surface area contributed by atoms with E-state index in [0.29, 0.717) is 35.5 Å². The highest BCUT2D eigenvalue weighted by atomic mass is 19.1. The van der Waals surface area contributed by atoms with E-state index in [1.807, 2.05) is 0 Å². The first-order valence-corrected chi connectivity index (χ1v) is 12.2. The van der Waals surface area contributed by atoms with Crippen molar-refractivity contribution < 1.29 is 13.9 Å². The lowest BCUT2D eigenvalue weighted by atomic mass is 9.44. The number of aromatic amines is 1. The van der Waals surface area contributed by atoms with Gasteiger partial charge in [0.25, 0.3) is 11.6 Å². The molecule has 4 aliphatic carbocycles. The van der Waals surface area contributed by atoms with Gasteiger partial charge in [-0.2, -0.15) is 4.98 Å². The summed E-state index contributed by atoms with van der Waals surface area (Å²) in [6.07, 6.45) is 8.75. The predicted molar refractivity (Wildman–Crippen MR) is 123 cm³/mol. The molecule has 3 aromatic heterocycles. The number of ether oxygens (including phenoxy) is 2. The standard InChI is InChI=1S/C25H30FN5O3/c1-3-6-31-19-20(29-23(33-2)30-21(19)32)28-22(31)25-10-15-7-16(11-25)9-24(8-15,13-25)14-34-18-5-4-17(26)12-27-18/h4-5,12,15-16H,3,6-11,13-14H2,1-2H3,(H,29,30,32). The highest BCUT2D eigenvalue weighted by Gasteiger charge is 2.60. The molecule has 3 heterocycles. The third kappa shape index (κ3) is 3.39. The topological polar surface area (TPSA) is 94.9 Å². The molecule has 0 amide bonds. The Morgan fingerprint density at radius 1 is 1.21 bits per heavy atom. The summed E-state index contributed by atoms with van der Waals surface area (Å²) in [5.41, 5.74) is 0.723. The van der Waals surface area contributed by atoms with Crippen molar-refractivity contribution in [3.8, 4) is 11.9 Å². The Hall–Kier alpha value is -2.97. The van der Waals surface area contributed by atoms with Crippen molar-refractivity contribution in [3.63, 3.8) is 0 Å². The first-order valence-electron chi connectivity index (χ1n) is 12.2. The van der Waals surface area contributed by atoms with Gasteiger partial charge in [-0.25, -0.2) is 14.4 Å². The molecule has 180 valence electrons. The van der Waals surface area contributed by atoms with Crippen LogP contribution in [0.1, 0.15) is 57.7 Å². The molecule has 0 spiro atoms. The van der Waals surface area contributed by atoms with Crippen LogP contribution in [0.15, 0.2) is 23.1 Å². The lowest BCUT2D eigenvalue weighted by Gasteiger charge is -2.61. The molecule has 4 fully saturated rings. The van der Waals surface area contributed by atoms with Crippen LogP contribution in [0.5, 0.6) is 11.9 Å². The summed E-state index contributed by atoms with van der Waals surface area (Å²) in [5.74, 6) is 2.32. The van der Waals surface area contributed by atoms with E-state index in [1.54, 1.807) is 6.07 Å². The first kappa shape index (κ1) is 21.6. The number of fused-ring (bicyclic) bond motifs is 1. The number of nitrogens with one attached hydrogen (secondary N) is 1. The normalized spacial score (nSPS) is 29.6. The van der Waals surface area contributed by atoms with Gasteiger partial charge in [-0.3, -0.25) is 9.78 Å². The Balaban J connectivity index is 1.40. The van der Waals surface area contributed by atoms with Crippen molar-refractivity contribution in [1.29, 1.82) is 0 Å². The molecule has 0 saturated heterocycles. The third-order valence-corrected chi connectivity index (χ3v) is 8.12. The predicted octanol–water partition coefficient (Wildman–Crippen LogP) is 3.99. The monoisotopic (exact) mass is 467 g/mol. The zero-order valence-corrected chi connectivity index (χ0v) is 19.6. The highest BCUT2D eigenvalue weighted by molar-refractivity contribution is 5.71. The second kappa shape index (κ2) is 7.78. The SMILES string of the molecule is CCCn1c(C23CC4CC(CC(COc5ccc(F)cn5)(C4)C2)C3)nc2nc(OC)[nH]c(=O)c21. The molecular formula is C25H30FN5O3. The van der Waals surface area contributed by atoms with Crippen LogP contribution >= 0.6 is 0 Å². The molecule has 4 bridgehead atoms. The number of imidazole rings is 1. The van der Waals surface area contributed by atoms with Crippen LogP contribution in [0.3, 0.4) is 0 Å². The molecular weight excluding hydrogens is 437 g/mol. The number of pyridine rings is 1. The molecule has 3 aromatic rings. The van der Waals surface area contributed by atoms with Gasteiger partial charge in [0.15, 0.2) is 11.2 Å². The number of methoxy groups -OCH3 is 1. The highest BCUT2D eigenvalue weighted by Crippen LogP contribution is 2.65. The first-order chi connectivity index (χ1) is 16.4. The molecule has 0 radical (unpaired) electrons. The largest absolute Gasteiger partial charge is 0.477 e. The van der Waals surface area contributed by atoms with Gasteiger partial charge in [-0.1, -0.05) is 6.92 Å². The van der Waals surface area contributed by atoms with E-state index in [0.717, 1.165) is 50.9 Å². The van der Waals surface area contributed by atoms with E-state index in [2.05, 4.69) is 26.4 Å². The molecule has 9 heteroatoms. The van der Waals surface area contributed by atoms with Gasteiger partial charge in [0.05, 0.1) is 19.9 Å². The molecule has 0 aliphatic heterocycles. The van der Waals surface area contributed by atoms with Crippen LogP contribution in [0.2, 0.25) is 0 Å². The van der Waals surface area contributed by atoms with Crippen LogP contribution < -0.4 is 15.0 Å². The lowest BCUT2D eigenvalue weighted by molar-refractivity contribution is -0.0952. The minimum Gasteiger partial charge on any atom is -0.477 e. The number of halogens is 1. The summed E-state index contributed by atoms with van der Waals surface area (Å²) in [6.45, 7) is 3.41. The van der Waals surface area contributed by atoms with E-state index in [4.69, 9.17) is 14.5 Å². The second-order valence-corrected chi connectivity index (χ2v) is 10.7. The maximum absolute atomic E-state index is 13.3. The van der Waals surface area contributed by atoms with E-state index in [-0.39, 0.29) is 28.2 Å². The van der Waals surface area contributed by atoms with Crippen molar-refractivity contribution in [1.82, 2.24) is 24.5 Å². The lowest BCUT2D eigenvalue weighted by Crippen LogP contribution is -2.56. The fourth-order valence-electron chi connectivity index (χ4n) is 7.52.